The standard InChI is InChI=1S/C9H14N2O2/c1-6-8(4-5-9(12)13)7(2)11(3)10-6/h4-5H2,1-3H3,(H,12,13)/p-1. The van der Waals surface area contributed by atoms with Crippen molar-refractivity contribution in [2.45, 2.75) is 26.7 Å². The molecule has 0 radical (unpaired) electrons. The average molecular weight is 181 g/mol. The minimum Gasteiger partial charge on any atom is -0.550 e. The maximum atomic E-state index is 10.3. The highest BCUT2D eigenvalue weighted by Gasteiger charge is 2.08. The van der Waals surface area contributed by atoms with Gasteiger partial charge < -0.3 is 9.90 Å². The smallest absolute Gasteiger partial charge is 0.0628 e. The van der Waals surface area contributed by atoms with E-state index in [9.17, 15) is 9.90 Å². The van der Waals surface area contributed by atoms with E-state index in [2.05, 4.69) is 5.10 Å². The number of aromatic nitrogens is 2. The number of aryl methyl sites for hydroxylation is 2. The third-order valence-corrected chi connectivity index (χ3v) is 2.24. The molecule has 0 saturated carbocycles. The highest BCUT2D eigenvalue weighted by atomic mass is 16.4. The van der Waals surface area contributed by atoms with Crippen LogP contribution in [0.25, 0.3) is 0 Å². The first-order valence-electron chi connectivity index (χ1n) is 4.21. The van der Waals surface area contributed by atoms with Gasteiger partial charge >= 0.3 is 0 Å². The Hall–Kier alpha value is -1.32. The van der Waals surface area contributed by atoms with Crippen molar-refractivity contribution in [2.24, 2.45) is 7.05 Å². The summed E-state index contributed by atoms with van der Waals surface area (Å²) in [6, 6.07) is 0. The molecular formula is C9H13N2O2-. The second-order valence-electron chi connectivity index (χ2n) is 3.14. The zero-order valence-corrected chi connectivity index (χ0v) is 8.13. The molecule has 0 aliphatic carbocycles. The van der Waals surface area contributed by atoms with E-state index in [0.717, 1.165) is 17.0 Å². The highest BCUT2D eigenvalue weighted by molar-refractivity contribution is 5.64. The fourth-order valence-corrected chi connectivity index (χ4v) is 1.41. The van der Waals surface area contributed by atoms with Crippen molar-refractivity contribution in [3.05, 3.63) is 17.0 Å². The molecule has 0 amide bonds. The molecule has 72 valence electrons. The van der Waals surface area contributed by atoms with E-state index in [0.29, 0.717) is 6.42 Å². The van der Waals surface area contributed by atoms with Gasteiger partial charge in [0.05, 0.1) is 5.69 Å². The molecule has 0 atom stereocenters. The Morgan fingerprint density at radius 1 is 1.54 bits per heavy atom. The molecule has 1 aromatic rings. The first kappa shape index (κ1) is 9.77. The molecule has 0 bridgehead atoms. The molecule has 0 spiro atoms. The largest absolute Gasteiger partial charge is 0.550 e. The highest BCUT2D eigenvalue weighted by Crippen LogP contribution is 2.13. The minimum atomic E-state index is -1.01. The number of nitrogens with zero attached hydrogens (tertiary/aromatic N) is 2. The summed E-state index contributed by atoms with van der Waals surface area (Å²) in [5.74, 6) is -1.01. The van der Waals surface area contributed by atoms with Gasteiger partial charge in [0.1, 0.15) is 0 Å². The summed E-state index contributed by atoms with van der Waals surface area (Å²) >= 11 is 0. The third kappa shape index (κ3) is 2.08. The van der Waals surface area contributed by atoms with Crippen LogP contribution in [-0.2, 0) is 18.3 Å². The Morgan fingerprint density at radius 3 is 2.54 bits per heavy atom. The predicted octanol–water partition coefficient (Wildman–Crippen LogP) is -0.281. The summed E-state index contributed by atoms with van der Waals surface area (Å²) in [6.07, 6.45) is 0.571. The second kappa shape index (κ2) is 3.60. The summed E-state index contributed by atoms with van der Waals surface area (Å²) in [7, 11) is 1.85. The van der Waals surface area contributed by atoms with Crippen molar-refractivity contribution in [1.82, 2.24) is 9.78 Å². The Morgan fingerprint density at radius 2 is 2.15 bits per heavy atom. The van der Waals surface area contributed by atoms with Crippen LogP contribution in [0.3, 0.4) is 0 Å². The lowest BCUT2D eigenvalue weighted by atomic mass is 10.1. The SMILES string of the molecule is Cc1nn(C)c(C)c1CCC(=O)[O-]. The van der Waals surface area contributed by atoms with Gasteiger partial charge in [-0.05, 0) is 32.3 Å². The van der Waals surface area contributed by atoms with Gasteiger partial charge in [0, 0.05) is 18.7 Å². The van der Waals surface area contributed by atoms with Crippen LogP contribution in [0.2, 0.25) is 0 Å². The number of carbonyl (C=O) groups is 1. The molecule has 0 saturated heterocycles. The lowest BCUT2D eigenvalue weighted by molar-refractivity contribution is -0.305. The second-order valence-corrected chi connectivity index (χ2v) is 3.14. The van der Waals surface area contributed by atoms with Crippen LogP contribution in [0.5, 0.6) is 0 Å². The first-order valence-corrected chi connectivity index (χ1v) is 4.21. The Labute approximate surface area is 77.2 Å². The number of rotatable bonds is 3. The summed E-state index contributed by atoms with van der Waals surface area (Å²) < 4.78 is 1.76. The van der Waals surface area contributed by atoms with E-state index in [4.69, 9.17) is 0 Å². The van der Waals surface area contributed by atoms with Gasteiger partial charge in [-0.2, -0.15) is 5.10 Å². The molecular weight excluding hydrogens is 168 g/mol. The zero-order chi connectivity index (χ0) is 10.0. The van der Waals surface area contributed by atoms with Crippen LogP contribution in [0.15, 0.2) is 0 Å². The van der Waals surface area contributed by atoms with E-state index in [1.807, 2.05) is 20.9 Å². The number of hydrogen-bond donors (Lipinski definition) is 0. The number of hydrogen-bond acceptors (Lipinski definition) is 3. The normalized spacial score (nSPS) is 10.4. The van der Waals surface area contributed by atoms with Gasteiger partial charge in [-0.15, -0.1) is 0 Å². The number of carboxylic acids is 1. The molecule has 1 heterocycles. The van der Waals surface area contributed by atoms with Gasteiger partial charge in [0.2, 0.25) is 0 Å². The summed E-state index contributed by atoms with van der Waals surface area (Å²) in [6.45, 7) is 3.82. The van der Waals surface area contributed by atoms with Gasteiger partial charge in [-0.1, -0.05) is 0 Å². The molecule has 13 heavy (non-hydrogen) atoms. The lowest BCUT2D eigenvalue weighted by Gasteiger charge is -2.02. The van der Waals surface area contributed by atoms with Crippen LogP contribution in [0.1, 0.15) is 23.4 Å². The number of aliphatic carboxylic acids is 1. The summed E-state index contributed by atoms with van der Waals surface area (Å²) in [5.41, 5.74) is 2.95. The third-order valence-electron chi connectivity index (χ3n) is 2.24. The fraction of sp³-hybridized carbons (Fsp3) is 0.556. The molecule has 0 fully saturated rings. The first-order chi connectivity index (χ1) is 6.02. The van der Waals surface area contributed by atoms with Gasteiger partial charge in [-0.25, -0.2) is 0 Å². The van der Waals surface area contributed by atoms with Crippen LogP contribution < -0.4 is 5.11 Å². The van der Waals surface area contributed by atoms with Crippen molar-refractivity contribution in [3.8, 4) is 0 Å². The summed E-state index contributed by atoms with van der Waals surface area (Å²) in [5, 5.41) is 14.5. The monoisotopic (exact) mass is 181 g/mol. The van der Waals surface area contributed by atoms with Crippen molar-refractivity contribution >= 4 is 5.97 Å². The van der Waals surface area contributed by atoms with E-state index in [1.165, 1.54) is 0 Å². The van der Waals surface area contributed by atoms with E-state index in [-0.39, 0.29) is 6.42 Å². The van der Waals surface area contributed by atoms with Crippen LogP contribution in [0, 0.1) is 13.8 Å². The molecule has 0 aliphatic rings. The van der Waals surface area contributed by atoms with Gasteiger partial charge in [0.15, 0.2) is 0 Å². The molecule has 1 aromatic heterocycles. The molecule has 0 aromatic carbocycles. The van der Waals surface area contributed by atoms with Crippen LogP contribution in [-0.4, -0.2) is 15.7 Å². The Kier molecular flexibility index (Phi) is 2.70. The van der Waals surface area contributed by atoms with Crippen molar-refractivity contribution in [2.75, 3.05) is 0 Å². The molecule has 1 rings (SSSR count). The molecule has 0 aliphatic heterocycles. The van der Waals surface area contributed by atoms with Crippen LogP contribution in [0.4, 0.5) is 0 Å². The number of carbonyl (C=O) groups excluding carboxylic acids is 1. The van der Waals surface area contributed by atoms with E-state index >= 15 is 0 Å². The molecule has 0 N–H and O–H groups in total. The van der Waals surface area contributed by atoms with Gasteiger partial charge in [0.25, 0.3) is 0 Å². The lowest BCUT2D eigenvalue weighted by Crippen LogP contribution is -2.22. The van der Waals surface area contributed by atoms with Crippen molar-refractivity contribution < 1.29 is 9.90 Å². The zero-order valence-electron chi connectivity index (χ0n) is 8.13. The maximum absolute atomic E-state index is 10.3. The minimum absolute atomic E-state index is 0.0629. The average Bonchev–Trinajstić information content (AvgIpc) is 2.24. The maximum Gasteiger partial charge on any atom is 0.0628 e. The number of carboxylic acid groups (broad SMARTS) is 1. The van der Waals surface area contributed by atoms with E-state index in [1.54, 1.807) is 4.68 Å². The Balaban J connectivity index is 2.81. The molecule has 4 nitrogen and oxygen atoms in total. The quantitative estimate of drug-likeness (QED) is 0.644. The van der Waals surface area contributed by atoms with Crippen molar-refractivity contribution in [1.29, 1.82) is 0 Å². The fourth-order valence-electron chi connectivity index (χ4n) is 1.41. The molecule has 0 unspecified atom stereocenters. The predicted molar refractivity (Wildman–Crippen MR) is 46.0 cm³/mol. The summed E-state index contributed by atoms with van der Waals surface area (Å²) in [4.78, 5) is 10.3. The van der Waals surface area contributed by atoms with Crippen molar-refractivity contribution in [3.63, 3.8) is 0 Å². The Bertz CT molecular complexity index is 329. The molecule has 4 heteroatoms. The van der Waals surface area contributed by atoms with E-state index < -0.39 is 5.97 Å². The van der Waals surface area contributed by atoms with Gasteiger partial charge in [-0.3, -0.25) is 4.68 Å². The van der Waals surface area contributed by atoms with Crippen LogP contribution >= 0.6 is 0 Å². The topological polar surface area (TPSA) is 58.0 Å².